The molecular weight excluding hydrogens is 350 g/mol. The van der Waals surface area contributed by atoms with Gasteiger partial charge in [-0.3, -0.25) is 0 Å². The molecule has 1 heterocycles. The smallest absolute Gasteiger partial charge is 0.244 e. The molecule has 1 atom stereocenters. The SMILES string of the molecule is CNc1ncc(Br)cc1S(=O)(=O)NCCC(C)SC. The summed E-state index contributed by atoms with van der Waals surface area (Å²) in [5, 5.41) is 3.21. The Morgan fingerprint density at radius 3 is 2.79 bits per heavy atom. The van der Waals surface area contributed by atoms with E-state index >= 15 is 0 Å². The van der Waals surface area contributed by atoms with Crippen molar-refractivity contribution in [2.45, 2.75) is 23.5 Å². The van der Waals surface area contributed by atoms with Crippen LogP contribution in [0.2, 0.25) is 0 Å². The van der Waals surface area contributed by atoms with Gasteiger partial charge in [-0.15, -0.1) is 0 Å². The number of nitrogens with zero attached hydrogens (tertiary/aromatic N) is 1. The second kappa shape index (κ2) is 7.47. The molecule has 8 heteroatoms. The van der Waals surface area contributed by atoms with Crippen molar-refractivity contribution < 1.29 is 8.42 Å². The van der Waals surface area contributed by atoms with E-state index in [1.807, 2.05) is 6.26 Å². The Morgan fingerprint density at radius 1 is 1.53 bits per heavy atom. The Morgan fingerprint density at radius 2 is 2.21 bits per heavy atom. The maximum Gasteiger partial charge on any atom is 0.244 e. The molecule has 0 aliphatic carbocycles. The summed E-state index contributed by atoms with van der Waals surface area (Å²) in [6.07, 6.45) is 4.36. The van der Waals surface area contributed by atoms with E-state index in [0.717, 1.165) is 6.42 Å². The molecule has 0 saturated heterocycles. The number of pyridine rings is 1. The Bertz CT molecular complexity index is 523. The molecule has 0 radical (unpaired) electrons. The normalized spacial score (nSPS) is 13.3. The van der Waals surface area contributed by atoms with Crippen LogP contribution in [-0.4, -0.2) is 38.5 Å². The quantitative estimate of drug-likeness (QED) is 0.773. The van der Waals surface area contributed by atoms with E-state index in [1.54, 1.807) is 31.1 Å². The molecule has 0 fully saturated rings. The molecule has 1 unspecified atom stereocenters. The molecule has 0 saturated carbocycles. The first-order valence-corrected chi connectivity index (χ1v) is 9.33. The van der Waals surface area contributed by atoms with Gasteiger partial charge in [0.2, 0.25) is 10.0 Å². The lowest BCUT2D eigenvalue weighted by molar-refractivity contribution is 0.579. The summed E-state index contributed by atoms with van der Waals surface area (Å²) in [4.78, 5) is 4.19. The first kappa shape index (κ1) is 16.7. The lowest BCUT2D eigenvalue weighted by Crippen LogP contribution is -2.27. The lowest BCUT2D eigenvalue weighted by Gasteiger charge is -2.12. The number of nitrogens with one attached hydrogen (secondary N) is 2. The number of sulfonamides is 1. The lowest BCUT2D eigenvalue weighted by atomic mass is 10.3. The second-order valence-electron chi connectivity index (χ2n) is 3.98. The van der Waals surface area contributed by atoms with Crippen LogP contribution in [-0.2, 0) is 10.0 Å². The predicted molar refractivity (Wildman–Crippen MR) is 84.3 cm³/mol. The van der Waals surface area contributed by atoms with Crippen molar-refractivity contribution in [2.24, 2.45) is 0 Å². The highest BCUT2D eigenvalue weighted by molar-refractivity contribution is 9.10. The maximum absolute atomic E-state index is 12.2. The highest BCUT2D eigenvalue weighted by atomic mass is 79.9. The average Bonchev–Trinajstić information content (AvgIpc) is 2.38. The van der Waals surface area contributed by atoms with Crippen LogP contribution in [0.25, 0.3) is 0 Å². The summed E-state index contributed by atoms with van der Waals surface area (Å²) in [6, 6.07) is 1.54. The van der Waals surface area contributed by atoms with Crippen LogP contribution in [0.1, 0.15) is 13.3 Å². The molecule has 19 heavy (non-hydrogen) atoms. The van der Waals surface area contributed by atoms with E-state index in [9.17, 15) is 8.42 Å². The third kappa shape index (κ3) is 4.94. The molecule has 0 aliphatic rings. The zero-order chi connectivity index (χ0) is 14.5. The zero-order valence-corrected chi connectivity index (χ0v) is 14.3. The van der Waals surface area contributed by atoms with Gasteiger partial charge in [0.25, 0.3) is 0 Å². The molecule has 1 rings (SSSR count). The van der Waals surface area contributed by atoms with Gasteiger partial charge in [0.15, 0.2) is 0 Å². The Labute approximate surface area is 127 Å². The standard InChI is InChI=1S/C11H18BrN3O2S2/c1-8(18-3)4-5-15-19(16,17)10-6-9(12)7-14-11(10)13-2/h6-8,15H,4-5H2,1-3H3,(H,13,14). The molecule has 108 valence electrons. The average molecular weight is 368 g/mol. The van der Waals surface area contributed by atoms with Crippen LogP contribution in [0.3, 0.4) is 0 Å². The molecule has 1 aromatic heterocycles. The van der Waals surface area contributed by atoms with E-state index in [2.05, 4.69) is 37.9 Å². The minimum absolute atomic E-state index is 0.154. The zero-order valence-electron chi connectivity index (χ0n) is 11.1. The molecule has 0 bridgehead atoms. The topological polar surface area (TPSA) is 71.1 Å². The van der Waals surface area contributed by atoms with Gasteiger partial charge in [0.1, 0.15) is 10.7 Å². The van der Waals surface area contributed by atoms with Gasteiger partial charge >= 0.3 is 0 Å². The molecule has 0 aromatic carbocycles. The van der Waals surface area contributed by atoms with E-state index in [-0.39, 0.29) is 4.90 Å². The van der Waals surface area contributed by atoms with E-state index in [1.165, 1.54) is 0 Å². The van der Waals surface area contributed by atoms with Crippen molar-refractivity contribution in [2.75, 3.05) is 25.2 Å². The van der Waals surface area contributed by atoms with Gasteiger partial charge in [0, 0.05) is 29.5 Å². The third-order valence-corrected chi connectivity index (χ3v) is 5.54. The van der Waals surface area contributed by atoms with Crippen LogP contribution < -0.4 is 10.0 Å². The van der Waals surface area contributed by atoms with E-state index in [4.69, 9.17) is 0 Å². The summed E-state index contributed by atoms with van der Waals surface area (Å²) >= 11 is 4.95. The van der Waals surface area contributed by atoms with Crippen molar-refractivity contribution in [1.82, 2.24) is 9.71 Å². The maximum atomic E-state index is 12.2. The minimum atomic E-state index is -3.54. The molecule has 2 N–H and O–H groups in total. The van der Waals surface area contributed by atoms with E-state index < -0.39 is 10.0 Å². The van der Waals surface area contributed by atoms with Crippen molar-refractivity contribution in [3.05, 3.63) is 16.7 Å². The first-order chi connectivity index (χ1) is 8.90. The fraction of sp³-hybridized carbons (Fsp3) is 0.545. The summed E-state index contributed by atoms with van der Waals surface area (Å²) in [5.74, 6) is 0.341. The highest BCUT2D eigenvalue weighted by Gasteiger charge is 2.19. The summed E-state index contributed by atoms with van der Waals surface area (Å²) < 4.78 is 27.7. The van der Waals surface area contributed by atoms with Crippen molar-refractivity contribution in [3.63, 3.8) is 0 Å². The fourth-order valence-corrected chi connectivity index (χ4v) is 3.48. The molecule has 0 amide bonds. The number of hydrogen-bond acceptors (Lipinski definition) is 5. The van der Waals surface area contributed by atoms with Gasteiger partial charge < -0.3 is 5.32 Å². The number of halogens is 1. The van der Waals surface area contributed by atoms with Gasteiger partial charge in [-0.25, -0.2) is 18.1 Å². The Balaban J connectivity index is 2.85. The van der Waals surface area contributed by atoms with Gasteiger partial charge in [-0.05, 0) is 34.7 Å². The largest absolute Gasteiger partial charge is 0.372 e. The monoisotopic (exact) mass is 367 g/mol. The third-order valence-electron chi connectivity index (χ3n) is 2.59. The molecule has 1 aromatic rings. The van der Waals surface area contributed by atoms with E-state index in [0.29, 0.717) is 22.1 Å². The van der Waals surface area contributed by atoms with Crippen LogP contribution in [0.15, 0.2) is 21.6 Å². The van der Waals surface area contributed by atoms with Crippen molar-refractivity contribution in [3.8, 4) is 0 Å². The van der Waals surface area contributed by atoms with Crippen molar-refractivity contribution >= 4 is 43.5 Å². The molecule has 0 spiro atoms. The van der Waals surface area contributed by atoms with Crippen molar-refractivity contribution in [1.29, 1.82) is 0 Å². The summed E-state index contributed by atoms with van der Waals surface area (Å²) in [6.45, 7) is 2.48. The van der Waals surface area contributed by atoms with Crippen LogP contribution in [0.5, 0.6) is 0 Å². The summed E-state index contributed by atoms with van der Waals surface area (Å²) in [7, 11) is -1.90. The second-order valence-corrected chi connectivity index (χ2v) is 7.91. The molecule has 0 aliphatic heterocycles. The fourth-order valence-electron chi connectivity index (χ4n) is 1.41. The Kier molecular flexibility index (Phi) is 6.58. The number of hydrogen-bond donors (Lipinski definition) is 2. The van der Waals surface area contributed by atoms with Gasteiger partial charge in [0.05, 0.1) is 0 Å². The number of rotatable bonds is 7. The number of thioether (sulfide) groups is 1. The van der Waals surface area contributed by atoms with Crippen LogP contribution in [0.4, 0.5) is 5.82 Å². The summed E-state index contributed by atoms with van der Waals surface area (Å²) in [5.41, 5.74) is 0. The van der Waals surface area contributed by atoms with Gasteiger partial charge in [-0.1, -0.05) is 6.92 Å². The molecule has 5 nitrogen and oxygen atoms in total. The van der Waals surface area contributed by atoms with Crippen LogP contribution >= 0.6 is 27.7 Å². The number of anilines is 1. The van der Waals surface area contributed by atoms with Gasteiger partial charge in [-0.2, -0.15) is 11.8 Å². The predicted octanol–water partition coefficient (Wildman–Crippen LogP) is 2.31. The Hall–Kier alpha value is -0.310. The minimum Gasteiger partial charge on any atom is -0.372 e. The first-order valence-electron chi connectivity index (χ1n) is 5.76. The molecular formula is C11H18BrN3O2S2. The number of aromatic nitrogens is 1. The highest BCUT2D eigenvalue weighted by Crippen LogP contribution is 2.22. The van der Waals surface area contributed by atoms with Crippen LogP contribution in [0, 0.1) is 0 Å².